The molecule has 0 rings (SSSR count). The molecule has 0 aromatic rings. The summed E-state index contributed by atoms with van der Waals surface area (Å²) < 4.78 is 4.88. The Balaban J connectivity index is 3.00. The molecule has 0 aliphatic rings. The fourth-order valence-electron chi connectivity index (χ4n) is 0.562. The van der Waals surface area contributed by atoms with Crippen LogP contribution in [-0.2, 0) is 4.74 Å². The minimum Gasteiger partial charge on any atom is -0.465 e. The number of nitrogens with one attached hydrogen (secondary N) is 2. The molecule has 0 fully saturated rings. The van der Waals surface area contributed by atoms with E-state index in [1.807, 2.05) is 0 Å². The van der Waals surface area contributed by atoms with Crippen LogP contribution in [0.25, 0.3) is 0 Å². The van der Waals surface area contributed by atoms with Crippen molar-refractivity contribution in [3.63, 3.8) is 0 Å². The summed E-state index contributed by atoms with van der Waals surface area (Å²) in [6.45, 7) is 0.853. The van der Waals surface area contributed by atoms with Crippen LogP contribution >= 0.6 is 0 Å². The third-order valence-corrected chi connectivity index (χ3v) is 1.05. The van der Waals surface area contributed by atoms with Gasteiger partial charge in [-0.2, -0.15) is 0 Å². The lowest BCUT2D eigenvalue weighted by atomic mass is 10.6. The van der Waals surface area contributed by atoms with Crippen LogP contribution in [0.1, 0.15) is 0 Å². The molecule has 76 valence electrons. The Morgan fingerprint density at radius 3 is 1.69 bits per heavy atom. The van der Waals surface area contributed by atoms with E-state index in [1.165, 1.54) is 0 Å². The Hall–Kier alpha value is -1.50. The first-order valence-electron chi connectivity index (χ1n) is 3.64. The van der Waals surface area contributed by atoms with Crippen LogP contribution in [0.5, 0.6) is 0 Å². The molecule has 0 aromatic carbocycles. The van der Waals surface area contributed by atoms with E-state index in [1.54, 1.807) is 0 Å². The normalized spacial score (nSPS) is 9.23. The summed E-state index contributed by atoms with van der Waals surface area (Å²) in [6, 6.07) is 0. The summed E-state index contributed by atoms with van der Waals surface area (Å²) in [5.74, 6) is 0. The number of amides is 2. The molecule has 0 bridgehead atoms. The first-order chi connectivity index (χ1) is 6.13. The van der Waals surface area contributed by atoms with Gasteiger partial charge in [0.05, 0.1) is 13.2 Å². The van der Waals surface area contributed by atoms with E-state index in [2.05, 4.69) is 10.6 Å². The van der Waals surface area contributed by atoms with E-state index in [-0.39, 0.29) is 26.3 Å². The van der Waals surface area contributed by atoms with Gasteiger partial charge in [-0.05, 0) is 0 Å². The van der Waals surface area contributed by atoms with Crippen LogP contribution in [0.2, 0.25) is 0 Å². The average Bonchev–Trinajstić information content (AvgIpc) is 2.01. The van der Waals surface area contributed by atoms with Crippen LogP contribution in [-0.4, -0.2) is 48.7 Å². The van der Waals surface area contributed by atoms with Crippen LogP contribution in [0.3, 0.4) is 0 Å². The number of hydrogen-bond donors (Lipinski definition) is 4. The summed E-state index contributed by atoms with van der Waals surface area (Å²) in [5, 5.41) is 20.5. The molecule has 0 aliphatic heterocycles. The second-order valence-electron chi connectivity index (χ2n) is 2.08. The third-order valence-electron chi connectivity index (χ3n) is 1.05. The maximum absolute atomic E-state index is 9.92. The zero-order valence-corrected chi connectivity index (χ0v) is 6.95. The van der Waals surface area contributed by atoms with E-state index in [4.69, 9.17) is 14.9 Å². The Labute approximate surface area is 74.7 Å². The van der Waals surface area contributed by atoms with Gasteiger partial charge in [0.15, 0.2) is 0 Å². The van der Waals surface area contributed by atoms with Crippen molar-refractivity contribution >= 4 is 12.2 Å². The predicted molar refractivity (Wildman–Crippen MR) is 42.9 cm³/mol. The molecule has 0 aromatic heterocycles. The third kappa shape index (κ3) is 10.5. The van der Waals surface area contributed by atoms with Crippen LogP contribution in [0.4, 0.5) is 9.59 Å². The lowest BCUT2D eigenvalue weighted by Crippen LogP contribution is -2.28. The second-order valence-corrected chi connectivity index (χ2v) is 2.08. The Bertz CT molecular complexity index is 154. The van der Waals surface area contributed by atoms with Gasteiger partial charge >= 0.3 is 12.2 Å². The summed E-state index contributed by atoms with van der Waals surface area (Å²) >= 11 is 0. The summed E-state index contributed by atoms with van der Waals surface area (Å²) in [7, 11) is 0. The molecule has 2 amide bonds. The number of ether oxygens (including phenoxy) is 1. The fraction of sp³-hybridized carbons (Fsp3) is 0.667. The summed E-state index contributed by atoms with van der Waals surface area (Å²) in [6.07, 6.45) is -2.21. The van der Waals surface area contributed by atoms with Gasteiger partial charge in [-0.15, -0.1) is 0 Å². The van der Waals surface area contributed by atoms with Gasteiger partial charge in [0, 0.05) is 13.1 Å². The monoisotopic (exact) mass is 192 g/mol. The maximum Gasteiger partial charge on any atom is 0.404 e. The SMILES string of the molecule is O=C(O)NCCOCCNC(=O)O. The molecule has 4 N–H and O–H groups in total. The van der Waals surface area contributed by atoms with Crippen molar-refractivity contribution in [1.82, 2.24) is 10.6 Å². The van der Waals surface area contributed by atoms with Crippen molar-refractivity contribution < 1.29 is 24.5 Å². The molecular formula is C6H12N2O5. The lowest BCUT2D eigenvalue weighted by molar-refractivity contribution is 0.131. The zero-order chi connectivity index (χ0) is 10.1. The van der Waals surface area contributed by atoms with Crippen LogP contribution in [0, 0.1) is 0 Å². The fourth-order valence-corrected chi connectivity index (χ4v) is 0.562. The minimum atomic E-state index is -1.10. The largest absolute Gasteiger partial charge is 0.465 e. The topological polar surface area (TPSA) is 108 Å². The molecule has 7 nitrogen and oxygen atoms in total. The highest BCUT2D eigenvalue weighted by Crippen LogP contribution is 1.72. The van der Waals surface area contributed by atoms with Crippen molar-refractivity contribution in [2.24, 2.45) is 0 Å². The molecule has 7 heteroatoms. The van der Waals surface area contributed by atoms with Crippen molar-refractivity contribution in [1.29, 1.82) is 0 Å². The van der Waals surface area contributed by atoms with Gasteiger partial charge in [0.1, 0.15) is 0 Å². The van der Waals surface area contributed by atoms with Crippen LogP contribution in [0.15, 0.2) is 0 Å². The smallest absolute Gasteiger partial charge is 0.404 e. The summed E-state index contributed by atoms with van der Waals surface area (Å²) in [4.78, 5) is 19.8. The molecule has 0 radical (unpaired) electrons. The second kappa shape index (κ2) is 7.17. The van der Waals surface area contributed by atoms with E-state index < -0.39 is 12.2 Å². The van der Waals surface area contributed by atoms with E-state index in [0.717, 1.165) is 0 Å². The predicted octanol–water partition coefficient (Wildman–Crippen LogP) is -0.462. The number of rotatable bonds is 6. The highest BCUT2D eigenvalue weighted by atomic mass is 16.5. The molecule has 0 saturated carbocycles. The highest BCUT2D eigenvalue weighted by molar-refractivity contribution is 5.64. The molecule has 13 heavy (non-hydrogen) atoms. The first-order valence-corrected chi connectivity index (χ1v) is 3.64. The van der Waals surface area contributed by atoms with Crippen molar-refractivity contribution in [2.75, 3.05) is 26.3 Å². The van der Waals surface area contributed by atoms with Crippen molar-refractivity contribution in [3.8, 4) is 0 Å². The van der Waals surface area contributed by atoms with E-state index >= 15 is 0 Å². The van der Waals surface area contributed by atoms with Gasteiger partial charge in [0.25, 0.3) is 0 Å². The van der Waals surface area contributed by atoms with Crippen LogP contribution < -0.4 is 10.6 Å². The quantitative estimate of drug-likeness (QED) is 0.426. The molecule has 0 spiro atoms. The molecule has 0 unspecified atom stereocenters. The Morgan fingerprint density at radius 1 is 1.00 bits per heavy atom. The number of hydrogen-bond acceptors (Lipinski definition) is 3. The summed E-state index contributed by atoms with van der Waals surface area (Å²) in [5.41, 5.74) is 0. The average molecular weight is 192 g/mol. The van der Waals surface area contributed by atoms with Crippen molar-refractivity contribution in [3.05, 3.63) is 0 Å². The standard InChI is InChI=1S/C6H12N2O5/c9-5(10)7-1-3-13-4-2-8-6(11)12/h7-8H,1-4H2,(H,9,10)(H,11,12). The van der Waals surface area contributed by atoms with Gasteiger partial charge in [-0.3, -0.25) is 0 Å². The zero-order valence-electron chi connectivity index (χ0n) is 6.95. The molecule has 0 aliphatic carbocycles. The molecule has 0 atom stereocenters. The number of carboxylic acid groups (broad SMARTS) is 2. The van der Waals surface area contributed by atoms with E-state index in [9.17, 15) is 9.59 Å². The number of carbonyl (C=O) groups is 2. The van der Waals surface area contributed by atoms with Gasteiger partial charge in [0.2, 0.25) is 0 Å². The molecule has 0 heterocycles. The first kappa shape index (κ1) is 11.5. The van der Waals surface area contributed by atoms with E-state index in [0.29, 0.717) is 0 Å². The molecular weight excluding hydrogens is 180 g/mol. The minimum absolute atomic E-state index is 0.197. The molecule has 0 saturated heterocycles. The Kier molecular flexibility index (Phi) is 6.34. The van der Waals surface area contributed by atoms with Gasteiger partial charge < -0.3 is 25.6 Å². The van der Waals surface area contributed by atoms with Gasteiger partial charge in [-0.25, -0.2) is 9.59 Å². The lowest BCUT2D eigenvalue weighted by Gasteiger charge is -2.03. The highest BCUT2D eigenvalue weighted by Gasteiger charge is 1.94. The van der Waals surface area contributed by atoms with Gasteiger partial charge in [-0.1, -0.05) is 0 Å². The Morgan fingerprint density at radius 2 is 1.38 bits per heavy atom. The van der Waals surface area contributed by atoms with Crippen molar-refractivity contribution in [2.45, 2.75) is 0 Å². The maximum atomic E-state index is 9.92.